The summed E-state index contributed by atoms with van der Waals surface area (Å²) in [6, 6.07) is 3.49. The summed E-state index contributed by atoms with van der Waals surface area (Å²) in [5.74, 6) is 1.53. The molecule has 0 N–H and O–H groups in total. The predicted molar refractivity (Wildman–Crippen MR) is 78.8 cm³/mol. The molecule has 1 aromatic heterocycles. The van der Waals surface area contributed by atoms with Crippen LogP contribution >= 0.6 is 11.3 Å². The van der Waals surface area contributed by atoms with Crippen molar-refractivity contribution >= 4 is 21.2 Å². The minimum atomic E-state index is -3.03. The SMILES string of the molecule is CC(C)CCCC(C)CCS(=O)(=O)c1cccs1. The molecule has 1 rings (SSSR count). The van der Waals surface area contributed by atoms with E-state index in [9.17, 15) is 8.42 Å². The maximum atomic E-state index is 12.0. The van der Waals surface area contributed by atoms with Crippen LogP contribution in [0.3, 0.4) is 0 Å². The Bertz CT molecular complexity index is 419. The molecule has 0 amide bonds. The van der Waals surface area contributed by atoms with Crippen LogP contribution in [-0.4, -0.2) is 14.2 Å². The highest BCUT2D eigenvalue weighted by atomic mass is 32.2. The lowest BCUT2D eigenvalue weighted by Crippen LogP contribution is -2.09. The molecule has 0 fully saturated rings. The minimum absolute atomic E-state index is 0.288. The third-order valence-electron chi connectivity index (χ3n) is 3.16. The number of sulfone groups is 1. The maximum absolute atomic E-state index is 12.0. The van der Waals surface area contributed by atoms with E-state index < -0.39 is 9.84 Å². The molecule has 18 heavy (non-hydrogen) atoms. The molecule has 0 saturated heterocycles. The van der Waals surface area contributed by atoms with Gasteiger partial charge in [-0.25, -0.2) is 8.42 Å². The second kappa shape index (κ2) is 7.29. The molecule has 1 atom stereocenters. The average Bonchev–Trinajstić information content (AvgIpc) is 2.80. The van der Waals surface area contributed by atoms with Gasteiger partial charge < -0.3 is 0 Å². The summed E-state index contributed by atoms with van der Waals surface area (Å²) in [6.45, 7) is 6.61. The largest absolute Gasteiger partial charge is 0.223 e. The number of hydrogen-bond acceptors (Lipinski definition) is 3. The second-order valence-electron chi connectivity index (χ2n) is 5.47. The first-order chi connectivity index (χ1) is 8.42. The molecule has 0 aromatic carbocycles. The monoisotopic (exact) mass is 288 g/mol. The molecule has 0 saturated carbocycles. The van der Waals surface area contributed by atoms with Gasteiger partial charge in [-0.1, -0.05) is 46.1 Å². The lowest BCUT2D eigenvalue weighted by Gasteiger charge is -2.12. The first-order valence-electron chi connectivity index (χ1n) is 6.68. The number of rotatable bonds is 8. The predicted octanol–water partition coefficient (Wildman–Crippen LogP) is 4.37. The Morgan fingerprint density at radius 2 is 1.89 bits per heavy atom. The van der Waals surface area contributed by atoms with Gasteiger partial charge in [0.25, 0.3) is 0 Å². The average molecular weight is 288 g/mol. The van der Waals surface area contributed by atoms with Crippen molar-refractivity contribution in [1.29, 1.82) is 0 Å². The van der Waals surface area contributed by atoms with Gasteiger partial charge in [-0.15, -0.1) is 11.3 Å². The van der Waals surface area contributed by atoms with Gasteiger partial charge in [0.1, 0.15) is 4.21 Å². The lowest BCUT2D eigenvalue weighted by atomic mass is 9.98. The van der Waals surface area contributed by atoms with Crippen molar-refractivity contribution in [3.05, 3.63) is 17.5 Å². The number of thiophene rings is 1. The third kappa shape index (κ3) is 5.53. The third-order valence-corrected chi connectivity index (χ3v) is 6.39. The first kappa shape index (κ1) is 15.7. The van der Waals surface area contributed by atoms with Gasteiger partial charge >= 0.3 is 0 Å². The Balaban J connectivity index is 2.32. The standard InChI is InChI=1S/C14H24O2S2/c1-12(2)6-4-7-13(3)9-11-18(15,16)14-8-5-10-17-14/h5,8,10,12-13H,4,6-7,9,11H2,1-3H3. The summed E-state index contributed by atoms with van der Waals surface area (Å²) in [6.07, 6.45) is 4.36. The molecule has 0 bridgehead atoms. The van der Waals surface area contributed by atoms with E-state index in [1.807, 2.05) is 5.38 Å². The van der Waals surface area contributed by atoms with E-state index in [0.29, 0.717) is 10.1 Å². The van der Waals surface area contributed by atoms with Gasteiger partial charge in [0.15, 0.2) is 9.84 Å². The van der Waals surface area contributed by atoms with Crippen molar-refractivity contribution in [3.63, 3.8) is 0 Å². The molecule has 2 nitrogen and oxygen atoms in total. The first-order valence-corrected chi connectivity index (χ1v) is 9.21. The molecule has 1 heterocycles. The van der Waals surface area contributed by atoms with Gasteiger partial charge in [0, 0.05) is 0 Å². The van der Waals surface area contributed by atoms with Gasteiger partial charge in [-0.05, 0) is 29.7 Å². The summed E-state index contributed by atoms with van der Waals surface area (Å²) in [5, 5.41) is 1.82. The molecule has 0 aliphatic rings. The van der Waals surface area contributed by atoms with E-state index in [4.69, 9.17) is 0 Å². The van der Waals surface area contributed by atoms with Crippen LogP contribution in [0.2, 0.25) is 0 Å². The molecule has 1 unspecified atom stereocenters. The van der Waals surface area contributed by atoms with E-state index in [0.717, 1.165) is 18.8 Å². The Labute approximate surface area is 115 Å². The van der Waals surface area contributed by atoms with E-state index in [2.05, 4.69) is 20.8 Å². The summed E-state index contributed by atoms with van der Waals surface area (Å²) in [7, 11) is -3.03. The quantitative estimate of drug-likeness (QED) is 0.711. The molecule has 0 aliphatic heterocycles. The Hall–Kier alpha value is -0.350. The van der Waals surface area contributed by atoms with Gasteiger partial charge in [-0.2, -0.15) is 0 Å². The minimum Gasteiger partial charge on any atom is -0.223 e. The fraction of sp³-hybridized carbons (Fsp3) is 0.714. The van der Waals surface area contributed by atoms with E-state index >= 15 is 0 Å². The van der Waals surface area contributed by atoms with Gasteiger partial charge in [0.2, 0.25) is 0 Å². The van der Waals surface area contributed by atoms with E-state index in [1.54, 1.807) is 12.1 Å². The van der Waals surface area contributed by atoms with Crippen LogP contribution in [0.1, 0.15) is 46.5 Å². The fourth-order valence-electron chi connectivity index (χ4n) is 1.92. The highest BCUT2D eigenvalue weighted by Crippen LogP contribution is 2.21. The molecule has 1 aromatic rings. The highest BCUT2D eigenvalue weighted by Gasteiger charge is 2.16. The van der Waals surface area contributed by atoms with E-state index in [-0.39, 0.29) is 5.75 Å². The highest BCUT2D eigenvalue weighted by molar-refractivity contribution is 7.93. The molecule has 4 heteroatoms. The summed E-state index contributed by atoms with van der Waals surface area (Å²) in [5.41, 5.74) is 0. The van der Waals surface area contributed by atoms with Gasteiger partial charge in [0.05, 0.1) is 5.75 Å². The van der Waals surface area contributed by atoms with Crippen LogP contribution in [0.5, 0.6) is 0 Å². The smallest absolute Gasteiger partial charge is 0.187 e. The van der Waals surface area contributed by atoms with Crippen molar-refractivity contribution in [3.8, 4) is 0 Å². The zero-order valence-electron chi connectivity index (χ0n) is 11.6. The fourth-order valence-corrected chi connectivity index (χ4v) is 4.57. The zero-order valence-corrected chi connectivity index (χ0v) is 13.2. The molecular weight excluding hydrogens is 264 g/mol. The normalized spacial score (nSPS) is 14.0. The summed E-state index contributed by atoms with van der Waals surface area (Å²) < 4.78 is 24.5. The van der Waals surface area contributed by atoms with Crippen molar-refractivity contribution in [2.75, 3.05) is 5.75 Å². The zero-order chi connectivity index (χ0) is 13.6. The van der Waals surface area contributed by atoms with Crippen LogP contribution in [0.15, 0.2) is 21.7 Å². The Kier molecular flexibility index (Phi) is 6.36. The number of hydrogen-bond donors (Lipinski definition) is 0. The van der Waals surface area contributed by atoms with Crippen molar-refractivity contribution in [2.24, 2.45) is 11.8 Å². The van der Waals surface area contributed by atoms with Crippen LogP contribution in [0, 0.1) is 11.8 Å². The Morgan fingerprint density at radius 1 is 1.17 bits per heavy atom. The summed E-state index contributed by atoms with van der Waals surface area (Å²) >= 11 is 1.32. The molecular formula is C14H24O2S2. The Morgan fingerprint density at radius 3 is 2.44 bits per heavy atom. The lowest BCUT2D eigenvalue weighted by molar-refractivity contribution is 0.448. The maximum Gasteiger partial charge on any atom is 0.187 e. The van der Waals surface area contributed by atoms with E-state index in [1.165, 1.54) is 24.2 Å². The van der Waals surface area contributed by atoms with Crippen molar-refractivity contribution in [2.45, 2.75) is 50.7 Å². The molecule has 104 valence electrons. The van der Waals surface area contributed by atoms with Crippen LogP contribution in [0.25, 0.3) is 0 Å². The topological polar surface area (TPSA) is 34.1 Å². The van der Waals surface area contributed by atoms with Crippen LogP contribution in [0.4, 0.5) is 0 Å². The molecule has 0 aliphatic carbocycles. The van der Waals surface area contributed by atoms with Crippen LogP contribution in [-0.2, 0) is 9.84 Å². The second-order valence-corrected chi connectivity index (χ2v) is 8.75. The summed E-state index contributed by atoms with van der Waals surface area (Å²) in [4.78, 5) is 0. The molecule has 0 radical (unpaired) electrons. The molecule has 0 spiro atoms. The van der Waals surface area contributed by atoms with Crippen LogP contribution < -0.4 is 0 Å². The van der Waals surface area contributed by atoms with Crippen molar-refractivity contribution in [1.82, 2.24) is 0 Å². The van der Waals surface area contributed by atoms with Gasteiger partial charge in [-0.3, -0.25) is 0 Å². The van der Waals surface area contributed by atoms with Crippen molar-refractivity contribution < 1.29 is 8.42 Å².